The molecule has 1 fully saturated rings. The van der Waals surface area contributed by atoms with E-state index < -0.39 is 0 Å². The number of hydrogen-bond acceptors (Lipinski definition) is 2. The highest BCUT2D eigenvalue weighted by atomic mass is 16.5. The molecular weight excluding hydrogens is 174 g/mol. The molecule has 1 aliphatic rings. The van der Waals surface area contributed by atoms with Crippen LogP contribution in [0.5, 0.6) is 0 Å². The predicted octanol–water partition coefficient (Wildman–Crippen LogP) is 2.29. The van der Waals surface area contributed by atoms with Crippen LogP contribution in [0.2, 0.25) is 0 Å². The van der Waals surface area contributed by atoms with Crippen LogP contribution in [0.15, 0.2) is 0 Å². The molecule has 14 heavy (non-hydrogen) atoms. The molecule has 0 aromatic carbocycles. The summed E-state index contributed by atoms with van der Waals surface area (Å²) in [6.45, 7) is 10.0. The first-order valence-electron chi connectivity index (χ1n) is 5.75. The number of hydrogen-bond donors (Lipinski definition) is 1. The molecule has 1 N–H and O–H groups in total. The summed E-state index contributed by atoms with van der Waals surface area (Å²) in [5.74, 6) is 1.81. The van der Waals surface area contributed by atoms with E-state index >= 15 is 0 Å². The molecule has 1 unspecified atom stereocenters. The molecule has 0 bridgehead atoms. The van der Waals surface area contributed by atoms with Gasteiger partial charge in [-0.25, -0.2) is 0 Å². The third-order valence-corrected chi connectivity index (χ3v) is 3.15. The number of rotatable bonds is 6. The lowest BCUT2D eigenvalue weighted by Crippen LogP contribution is -2.34. The summed E-state index contributed by atoms with van der Waals surface area (Å²) < 4.78 is 5.02. The predicted molar refractivity (Wildman–Crippen MR) is 60.4 cm³/mol. The van der Waals surface area contributed by atoms with Crippen molar-refractivity contribution in [2.24, 2.45) is 17.3 Å². The molecule has 0 heterocycles. The van der Waals surface area contributed by atoms with Crippen molar-refractivity contribution >= 4 is 0 Å². The topological polar surface area (TPSA) is 21.3 Å². The first kappa shape index (κ1) is 12.0. The minimum absolute atomic E-state index is 0.446. The van der Waals surface area contributed by atoms with Crippen LogP contribution in [0.4, 0.5) is 0 Å². The zero-order valence-electron chi connectivity index (χ0n) is 10.1. The maximum atomic E-state index is 5.02. The van der Waals surface area contributed by atoms with Crippen LogP contribution in [0.25, 0.3) is 0 Å². The monoisotopic (exact) mass is 199 g/mol. The minimum Gasteiger partial charge on any atom is -0.383 e. The molecule has 0 amide bonds. The van der Waals surface area contributed by atoms with E-state index in [0.717, 1.165) is 31.5 Å². The summed E-state index contributed by atoms with van der Waals surface area (Å²) in [5.41, 5.74) is 0.446. The molecule has 2 heteroatoms. The summed E-state index contributed by atoms with van der Waals surface area (Å²) in [6, 6.07) is 0. The van der Waals surface area contributed by atoms with Gasteiger partial charge in [-0.1, -0.05) is 20.8 Å². The van der Waals surface area contributed by atoms with Gasteiger partial charge in [-0.3, -0.25) is 0 Å². The molecule has 1 aliphatic carbocycles. The summed E-state index contributed by atoms with van der Waals surface area (Å²) in [4.78, 5) is 0. The largest absolute Gasteiger partial charge is 0.383 e. The molecule has 1 atom stereocenters. The Hall–Kier alpha value is -0.0800. The maximum Gasteiger partial charge on any atom is 0.0587 e. The molecule has 1 rings (SSSR count). The van der Waals surface area contributed by atoms with Gasteiger partial charge in [0.05, 0.1) is 6.61 Å². The van der Waals surface area contributed by atoms with Gasteiger partial charge in [0, 0.05) is 13.7 Å². The first-order valence-corrected chi connectivity index (χ1v) is 5.75. The van der Waals surface area contributed by atoms with Gasteiger partial charge < -0.3 is 10.1 Å². The van der Waals surface area contributed by atoms with Gasteiger partial charge in [0.1, 0.15) is 0 Å². The second-order valence-corrected chi connectivity index (χ2v) is 5.51. The first-order chi connectivity index (χ1) is 6.55. The van der Waals surface area contributed by atoms with Gasteiger partial charge in [-0.2, -0.15) is 0 Å². The highest BCUT2D eigenvalue weighted by Crippen LogP contribution is 2.44. The lowest BCUT2D eigenvalue weighted by atomic mass is 9.77. The van der Waals surface area contributed by atoms with E-state index in [2.05, 4.69) is 26.1 Å². The van der Waals surface area contributed by atoms with Crippen LogP contribution in [0, 0.1) is 17.3 Å². The van der Waals surface area contributed by atoms with E-state index in [1.807, 2.05) is 0 Å². The van der Waals surface area contributed by atoms with Crippen molar-refractivity contribution in [2.45, 2.75) is 33.6 Å². The molecule has 0 aliphatic heterocycles. The zero-order valence-corrected chi connectivity index (χ0v) is 10.1. The number of ether oxygens (including phenoxy) is 1. The summed E-state index contributed by atoms with van der Waals surface area (Å²) in [6.07, 6.45) is 2.88. The van der Waals surface area contributed by atoms with Crippen LogP contribution >= 0.6 is 0 Å². The third-order valence-electron chi connectivity index (χ3n) is 3.15. The van der Waals surface area contributed by atoms with Crippen molar-refractivity contribution in [3.8, 4) is 0 Å². The fraction of sp³-hybridized carbons (Fsp3) is 1.00. The van der Waals surface area contributed by atoms with Crippen molar-refractivity contribution in [1.82, 2.24) is 5.32 Å². The summed E-state index contributed by atoms with van der Waals surface area (Å²) >= 11 is 0. The van der Waals surface area contributed by atoms with Crippen molar-refractivity contribution in [3.63, 3.8) is 0 Å². The lowest BCUT2D eigenvalue weighted by molar-refractivity contribution is 0.177. The molecule has 0 spiro atoms. The van der Waals surface area contributed by atoms with Gasteiger partial charge in [0.25, 0.3) is 0 Å². The Kier molecular flexibility index (Phi) is 4.39. The Morgan fingerprint density at radius 2 is 2.00 bits per heavy atom. The normalized spacial score (nSPS) is 19.7. The van der Waals surface area contributed by atoms with E-state index in [4.69, 9.17) is 4.74 Å². The SMILES string of the molecule is COCCNCC(C1CC1)C(C)(C)C. The van der Waals surface area contributed by atoms with Crippen molar-refractivity contribution in [2.75, 3.05) is 26.8 Å². The Balaban J connectivity index is 2.22. The van der Waals surface area contributed by atoms with E-state index in [1.54, 1.807) is 7.11 Å². The summed E-state index contributed by atoms with van der Waals surface area (Å²) in [7, 11) is 1.75. The third kappa shape index (κ3) is 3.97. The van der Waals surface area contributed by atoms with Crippen LogP contribution in [-0.2, 0) is 4.74 Å². The Labute approximate surface area is 88.4 Å². The fourth-order valence-corrected chi connectivity index (χ4v) is 2.11. The second kappa shape index (κ2) is 5.13. The second-order valence-electron chi connectivity index (χ2n) is 5.51. The van der Waals surface area contributed by atoms with E-state index in [9.17, 15) is 0 Å². The molecule has 84 valence electrons. The van der Waals surface area contributed by atoms with Crippen LogP contribution in [-0.4, -0.2) is 26.8 Å². The van der Waals surface area contributed by atoms with Gasteiger partial charge in [0.15, 0.2) is 0 Å². The highest BCUT2D eigenvalue weighted by Gasteiger charge is 2.37. The standard InChI is InChI=1S/C12H25NO/c1-12(2,3)11(10-5-6-10)9-13-7-8-14-4/h10-11,13H,5-9H2,1-4H3. The van der Waals surface area contributed by atoms with Gasteiger partial charge in [-0.15, -0.1) is 0 Å². The van der Waals surface area contributed by atoms with Crippen LogP contribution in [0.3, 0.4) is 0 Å². The number of nitrogens with one attached hydrogen (secondary N) is 1. The van der Waals surface area contributed by atoms with Crippen molar-refractivity contribution in [3.05, 3.63) is 0 Å². The highest BCUT2D eigenvalue weighted by molar-refractivity contribution is 4.89. The van der Waals surface area contributed by atoms with Crippen molar-refractivity contribution in [1.29, 1.82) is 0 Å². The zero-order chi connectivity index (χ0) is 10.6. The van der Waals surface area contributed by atoms with Gasteiger partial charge in [0.2, 0.25) is 0 Å². The Morgan fingerprint density at radius 1 is 1.36 bits per heavy atom. The van der Waals surface area contributed by atoms with Gasteiger partial charge in [-0.05, 0) is 36.6 Å². The maximum absolute atomic E-state index is 5.02. The summed E-state index contributed by atoms with van der Waals surface area (Å²) in [5, 5.41) is 3.49. The molecule has 0 aromatic heterocycles. The molecule has 0 aromatic rings. The smallest absolute Gasteiger partial charge is 0.0587 e. The molecule has 2 nitrogen and oxygen atoms in total. The average molecular weight is 199 g/mol. The molecule has 0 saturated heterocycles. The fourth-order valence-electron chi connectivity index (χ4n) is 2.11. The van der Waals surface area contributed by atoms with E-state index in [1.165, 1.54) is 12.8 Å². The van der Waals surface area contributed by atoms with Gasteiger partial charge >= 0.3 is 0 Å². The average Bonchev–Trinajstić information content (AvgIpc) is 2.85. The number of methoxy groups -OCH3 is 1. The Bertz CT molecular complexity index is 158. The lowest BCUT2D eigenvalue weighted by Gasteiger charge is -2.31. The molecular formula is C12H25NO. The van der Waals surface area contributed by atoms with Crippen molar-refractivity contribution < 1.29 is 4.74 Å². The quantitative estimate of drug-likeness (QED) is 0.663. The van der Waals surface area contributed by atoms with E-state index in [-0.39, 0.29) is 0 Å². The van der Waals surface area contributed by atoms with Crippen LogP contribution < -0.4 is 5.32 Å². The van der Waals surface area contributed by atoms with Crippen LogP contribution in [0.1, 0.15) is 33.6 Å². The molecule has 1 saturated carbocycles. The molecule has 0 radical (unpaired) electrons. The van der Waals surface area contributed by atoms with E-state index in [0.29, 0.717) is 5.41 Å². The minimum atomic E-state index is 0.446. The Morgan fingerprint density at radius 3 is 2.43 bits per heavy atom.